The molecule has 0 saturated heterocycles. The van der Waals surface area contributed by atoms with Gasteiger partial charge in [0.1, 0.15) is 5.60 Å². The van der Waals surface area contributed by atoms with E-state index in [-0.39, 0.29) is 6.04 Å². The van der Waals surface area contributed by atoms with Crippen LogP contribution in [0.4, 0.5) is 4.79 Å². The predicted octanol–water partition coefficient (Wildman–Crippen LogP) is 4.14. The SMILES string of the molecule is C=CC[C@@H](NC(=O)OC(C)(C)C)c1ccc(C)cc1. The van der Waals surface area contributed by atoms with Gasteiger partial charge in [0.2, 0.25) is 0 Å². The van der Waals surface area contributed by atoms with Crippen molar-refractivity contribution < 1.29 is 9.53 Å². The van der Waals surface area contributed by atoms with Crippen LogP contribution in [-0.2, 0) is 4.74 Å². The van der Waals surface area contributed by atoms with E-state index < -0.39 is 11.7 Å². The minimum Gasteiger partial charge on any atom is -0.444 e. The fourth-order valence-electron chi connectivity index (χ4n) is 1.69. The summed E-state index contributed by atoms with van der Waals surface area (Å²) in [7, 11) is 0. The smallest absolute Gasteiger partial charge is 0.408 e. The number of carbonyl (C=O) groups excluding carboxylic acids is 1. The third kappa shape index (κ3) is 5.60. The molecule has 0 bridgehead atoms. The van der Waals surface area contributed by atoms with Crippen molar-refractivity contribution in [3.63, 3.8) is 0 Å². The number of rotatable bonds is 4. The molecule has 0 aliphatic heterocycles. The second-order valence-electron chi connectivity index (χ2n) is 5.63. The minimum absolute atomic E-state index is 0.104. The van der Waals surface area contributed by atoms with E-state index in [2.05, 4.69) is 11.9 Å². The Kier molecular flexibility index (Phi) is 5.16. The van der Waals surface area contributed by atoms with Crippen molar-refractivity contribution in [3.05, 3.63) is 48.0 Å². The molecule has 0 radical (unpaired) electrons. The Morgan fingerprint density at radius 3 is 2.42 bits per heavy atom. The standard InChI is InChI=1S/C16H23NO2/c1-6-7-14(13-10-8-12(2)9-11-13)17-15(18)19-16(3,4)5/h6,8-11,14H,1,7H2,2-5H3,(H,17,18)/t14-/m1/s1. The molecule has 0 unspecified atom stereocenters. The van der Waals surface area contributed by atoms with E-state index in [0.717, 1.165) is 5.56 Å². The van der Waals surface area contributed by atoms with Crippen molar-refractivity contribution >= 4 is 6.09 Å². The summed E-state index contributed by atoms with van der Waals surface area (Å²) in [5.74, 6) is 0. The van der Waals surface area contributed by atoms with Crippen LogP contribution in [-0.4, -0.2) is 11.7 Å². The fourth-order valence-corrected chi connectivity index (χ4v) is 1.69. The molecule has 1 rings (SSSR count). The number of hydrogen-bond acceptors (Lipinski definition) is 2. The molecule has 0 aliphatic carbocycles. The van der Waals surface area contributed by atoms with E-state index in [1.807, 2.05) is 52.0 Å². The van der Waals surface area contributed by atoms with Gasteiger partial charge in [-0.2, -0.15) is 0 Å². The van der Waals surface area contributed by atoms with Gasteiger partial charge in [0.05, 0.1) is 6.04 Å². The molecule has 1 N–H and O–H groups in total. The summed E-state index contributed by atoms with van der Waals surface area (Å²) in [5, 5.41) is 2.88. The minimum atomic E-state index is -0.490. The van der Waals surface area contributed by atoms with Gasteiger partial charge in [-0.05, 0) is 39.7 Å². The first-order valence-corrected chi connectivity index (χ1v) is 6.49. The highest BCUT2D eigenvalue weighted by molar-refractivity contribution is 5.68. The Morgan fingerprint density at radius 2 is 1.95 bits per heavy atom. The molecule has 1 aromatic carbocycles. The van der Waals surface area contributed by atoms with Crippen LogP contribution in [0.2, 0.25) is 0 Å². The number of ether oxygens (including phenoxy) is 1. The van der Waals surface area contributed by atoms with Gasteiger partial charge in [0.15, 0.2) is 0 Å². The van der Waals surface area contributed by atoms with Crippen LogP contribution in [0.3, 0.4) is 0 Å². The normalized spacial score (nSPS) is 12.6. The number of alkyl carbamates (subject to hydrolysis) is 1. The molecular formula is C16H23NO2. The summed E-state index contributed by atoms with van der Waals surface area (Å²) in [4.78, 5) is 11.8. The maximum atomic E-state index is 11.8. The molecule has 0 fully saturated rings. The molecule has 104 valence electrons. The van der Waals surface area contributed by atoms with E-state index in [1.165, 1.54) is 5.56 Å². The van der Waals surface area contributed by atoms with Crippen LogP contribution in [0, 0.1) is 6.92 Å². The maximum absolute atomic E-state index is 11.8. The van der Waals surface area contributed by atoms with Crippen LogP contribution in [0.25, 0.3) is 0 Å². The summed E-state index contributed by atoms with van der Waals surface area (Å²) in [5.41, 5.74) is 1.76. The molecule has 3 heteroatoms. The fraction of sp³-hybridized carbons (Fsp3) is 0.438. The quantitative estimate of drug-likeness (QED) is 0.827. The zero-order valence-corrected chi connectivity index (χ0v) is 12.2. The number of nitrogens with one attached hydrogen (secondary N) is 1. The Hall–Kier alpha value is -1.77. The average Bonchev–Trinajstić information content (AvgIpc) is 2.27. The van der Waals surface area contributed by atoms with Gasteiger partial charge in [0, 0.05) is 0 Å². The Bertz CT molecular complexity index is 429. The number of amides is 1. The monoisotopic (exact) mass is 261 g/mol. The molecule has 1 aromatic rings. The second kappa shape index (κ2) is 6.41. The number of aryl methyl sites for hydroxylation is 1. The summed E-state index contributed by atoms with van der Waals surface area (Å²) in [6.07, 6.45) is 2.06. The predicted molar refractivity (Wildman–Crippen MR) is 78.1 cm³/mol. The third-order valence-electron chi connectivity index (χ3n) is 2.57. The lowest BCUT2D eigenvalue weighted by Crippen LogP contribution is -2.34. The van der Waals surface area contributed by atoms with Gasteiger partial charge < -0.3 is 10.1 Å². The molecule has 0 aliphatic rings. The average molecular weight is 261 g/mol. The van der Waals surface area contributed by atoms with Crippen LogP contribution in [0.15, 0.2) is 36.9 Å². The molecule has 0 saturated carbocycles. The number of carbonyl (C=O) groups is 1. The molecular weight excluding hydrogens is 238 g/mol. The highest BCUT2D eigenvalue weighted by atomic mass is 16.6. The van der Waals surface area contributed by atoms with Gasteiger partial charge in [-0.1, -0.05) is 35.9 Å². The van der Waals surface area contributed by atoms with Crippen LogP contribution < -0.4 is 5.32 Å². The topological polar surface area (TPSA) is 38.3 Å². The second-order valence-corrected chi connectivity index (χ2v) is 5.63. The Labute approximate surface area is 115 Å². The Morgan fingerprint density at radius 1 is 1.37 bits per heavy atom. The molecule has 0 spiro atoms. The number of hydrogen-bond donors (Lipinski definition) is 1. The van der Waals surface area contributed by atoms with Crippen LogP contribution >= 0.6 is 0 Å². The van der Waals surface area contributed by atoms with Gasteiger partial charge >= 0.3 is 6.09 Å². The Balaban J connectivity index is 2.75. The lowest BCUT2D eigenvalue weighted by molar-refractivity contribution is 0.0504. The van der Waals surface area contributed by atoms with Gasteiger partial charge in [-0.25, -0.2) is 4.79 Å². The van der Waals surface area contributed by atoms with E-state index in [4.69, 9.17) is 4.74 Å². The van der Waals surface area contributed by atoms with E-state index in [9.17, 15) is 4.79 Å². The molecule has 19 heavy (non-hydrogen) atoms. The van der Waals surface area contributed by atoms with Crippen LogP contribution in [0.5, 0.6) is 0 Å². The summed E-state index contributed by atoms with van der Waals surface area (Å²) < 4.78 is 5.28. The first kappa shape index (κ1) is 15.3. The van der Waals surface area contributed by atoms with Gasteiger partial charge in [-0.15, -0.1) is 6.58 Å². The van der Waals surface area contributed by atoms with Crippen molar-refractivity contribution in [2.75, 3.05) is 0 Å². The first-order chi connectivity index (χ1) is 8.81. The van der Waals surface area contributed by atoms with Crippen molar-refractivity contribution in [2.45, 2.75) is 45.8 Å². The van der Waals surface area contributed by atoms with Crippen molar-refractivity contribution in [1.29, 1.82) is 0 Å². The summed E-state index contributed by atoms with van der Waals surface area (Å²) in [6, 6.07) is 7.99. The summed E-state index contributed by atoms with van der Waals surface area (Å²) in [6.45, 7) is 11.3. The molecule has 0 heterocycles. The highest BCUT2D eigenvalue weighted by Gasteiger charge is 2.19. The lowest BCUT2D eigenvalue weighted by Gasteiger charge is -2.23. The molecule has 1 amide bonds. The van der Waals surface area contributed by atoms with Crippen molar-refractivity contribution in [2.24, 2.45) is 0 Å². The molecule has 1 atom stereocenters. The lowest BCUT2D eigenvalue weighted by atomic mass is 10.0. The zero-order chi connectivity index (χ0) is 14.5. The third-order valence-corrected chi connectivity index (χ3v) is 2.57. The molecule has 0 aromatic heterocycles. The first-order valence-electron chi connectivity index (χ1n) is 6.49. The van der Waals surface area contributed by atoms with Crippen LogP contribution in [0.1, 0.15) is 44.4 Å². The van der Waals surface area contributed by atoms with Gasteiger partial charge in [0.25, 0.3) is 0 Å². The highest BCUT2D eigenvalue weighted by Crippen LogP contribution is 2.19. The molecule has 3 nitrogen and oxygen atoms in total. The zero-order valence-electron chi connectivity index (χ0n) is 12.2. The van der Waals surface area contributed by atoms with E-state index >= 15 is 0 Å². The van der Waals surface area contributed by atoms with E-state index in [0.29, 0.717) is 6.42 Å². The largest absolute Gasteiger partial charge is 0.444 e. The summed E-state index contributed by atoms with van der Waals surface area (Å²) >= 11 is 0. The van der Waals surface area contributed by atoms with Crippen molar-refractivity contribution in [1.82, 2.24) is 5.32 Å². The maximum Gasteiger partial charge on any atom is 0.408 e. The number of benzene rings is 1. The van der Waals surface area contributed by atoms with Crippen molar-refractivity contribution in [3.8, 4) is 0 Å². The van der Waals surface area contributed by atoms with Gasteiger partial charge in [-0.3, -0.25) is 0 Å². The van der Waals surface area contributed by atoms with E-state index in [1.54, 1.807) is 6.08 Å².